The fraction of sp³-hybridized carbons (Fsp3) is 0.421. The van der Waals surface area contributed by atoms with Crippen molar-refractivity contribution in [1.29, 1.82) is 0 Å². The fourth-order valence-electron chi connectivity index (χ4n) is 2.81. The van der Waals surface area contributed by atoms with Crippen LogP contribution in [0, 0.1) is 5.92 Å². The van der Waals surface area contributed by atoms with Crippen LogP contribution in [-0.2, 0) is 9.59 Å². The van der Waals surface area contributed by atoms with E-state index in [2.05, 4.69) is 22.7 Å². The Morgan fingerprint density at radius 2 is 1.88 bits per heavy atom. The minimum Gasteiger partial charge on any atom is -0.344 e. The third-order valence-corrected chi connectivity index (χ3v) is 4.77. The lowest BCUT2D eigenvalue weighted by Gasteiger charge is -2.25. The Balaban J connectivity index is 1.57. The van der Waals surface area contributed by atoms with Crippen molar-refractivity contribution in [3.8, 4) is 0 Å². The molecule has 2 atom stereocenters. The van der Waals surface area contributed by atoms with Gasteiger partial charge in [-0.3, -0.25) is 14.3 Å². The van der Waals surface area contributed by atoms with E-state index < -0.39 is 6.04 Å². The van der Waals surface area contributed by atoms with Crippen LogP contribution < -0.4 is 10.6 Å². The topological polar surface area (TPSA) is 76.0 Å². The molecule has 1 heterocycles. The van der Waals surface area contributed by atoms with E-state index in [0.717, 1.165) is 24.8 Å². The highest BCUT2D eigenvalue weighted by Crippen LogP contribution is 2.26. The van der Waals surface area contributed by atoms with Gasteiger partial charge in [-0.05, 0) is 32.3 Å². The zero-order chi connectivity index (χ0) is 17.8. The number of carbonyl (C=O) groups excluding carboxylic acids is 2. The van der Waals surface area contributed by atoms with E-state index in [9.17, 15) is 9.59 Å². The zero-order valence-electron chi connectivity index (χ0n) is 14.6. The van der Waals surface area contributed by atoms with Gasteiger partial charge in [-0.15, -0.1) is 0 Å². The Morgan fingerprint density at radius 3 is 2.52 bits per heavy atom. The van der Waals surface area contributed by atoms with Crippen molar-refractivity contribution < 1.29 is 9.59 Å². The van der Waals surface area contributed by atoms with Gasteiger partial charge >= 0.3 is 0 Å². The van der Waals surface area contributed by atoms with Crippen LogP contribution >= 0.6 is 0 Å². The largest absolute Gasteiger partial charge is 0.344 e. The second-order valence-electron chi connectivity index (χ2n) is 6.62. The highest BCUT2D eigenvalue weighted by Gasteiger charge is 2.27. The molecule has 2 amide bonds. The summed E-state index contributed by atoms with van der Waals surface area (Å²) in [4.78, 5) is 24.2. The van der Waals surface area contributed by atoms with Crippen LogP contribution in [-0.4, -0.2) is 27.6 Å². The first kappa shape index (κ1) is 17.2. The molecule has 1 saturated carbocycles. The average Bonchev–Trinajstić information content (AvgIpc) is 3.01. The van der Waals surface area contributed by atoms with Crippen LogP contribution in [0.3, 0.4) is 0 Å². The number of benzene rings is 1. The summed E-state index contributed by atoms with van der Waals surface area (Å²) >= 11 is 0. The number of rotatable bonds is 6. The first-order chi connectivity index (χ1) is 12.0. The first-order valence-electron chi connectivity index (χ1n) is 8.76. The Hall–Kier alpha value is -2.63. The van der Waals surface area contributed by atoms with Gasteiger partial charge in [0.2, 0.25) is 11.8 Å². The third-order valence-electron chi connectivity index (χ3n) is 4.77. The Morgan fingerprint density at radius 1 is 1.16 bits per heavy atom. The number of nitrogens with zero attached hydrogens (tertiary/aromatic N) is 2. The molecule has 6 heteroatoms. The SMILES string of the molecule is CC(NC(=O)C1CCC1)C(=O)Nc1ccn(C(C)c2ccccc2)n1. The van der Waals surface area contributed by atoms with Crippen molar-refractivity contribution in [2.45, 2.75) is 45.2 Å². The summed E-state index contributed by atoms with van der Waals surface area (Å²) in [5.41, 5.74) is 1.14. The maximum Gasteiger partial charge on any atom is 0.247 e. The van der Waals surface area contributed by atoms with Gasteiger partial charge < -0.3 is 10.6 Å². The predicted molar refractivity (Wildman–Crippen MR) is 96.1 cm³/mol. The number of aromatic nitrogens is 2. The molecule has 0 spiro atoms. The fourth-order valence-corrected chi connectivity index (χ4v) is 2.81. The molecule has 132 valence electrons. The maximum absolute atomic E-state index is 12.3. The number of anilines is 1. The first-order valence-corrected chi connectivity index (χ1v) is 8.76. The van der Waals surface area contributed by atoms with Crippen molar-refractivity contribution >= 4 is 17.6 Å². The summed E-state index contributed by atoms with van der Waals surface area (Å²) in [6.45, 7) is 3.74. The summed E-state index contributed by atoms with van der Waals surface area (Å²) in [6.07, 6.45) is 4.77. The number of amides is 2. The minimum absolute atomic E-state index is 0.0304. The Labute approximate surface area is 147 Å². The van der Waals surface area contributed by atoms with Gasteiger partial charge in [0, 0.05) is 18.2 Å². The molecule has 1 aliphatic rings. The molecule has 2 unspecified atom stereocenters. The number of hydrogen-bond donors (Lipinski definition) is 2. The summed E-state index contributed by atoms with van der Waals surface area (Å²) in [5.74, 6) is 0.265. The molecular formula is C19H24N4O2. The van der Waals surface area contributed by atoms with Crippen LogP contribution in [0.5, 0.6) is 0 Å². The lowest BCUT2D eigenvalue weighted by atomic mass is 9.84. The maximum atomic E-state index is 12.3. The highest BCUT2D eigenvalue weighted by molar-refractivity contribution is 5.96. The van der Waals surface area contributed by atoms with Crippen molar-refractivity contribution in [2.75, 3.05) is 5.32 Å². The van der Waals surface area contributed by atoms with Crippen LogP contribution in [0.2, 0.25) is 0 Å². The van der Waals surface area contributed by atoms with E-state index in [4.69, 9.17) is 0 Å². The van der Waals surface area contributed by atoms with Gasteiger partial charge in [-0.2, -0.15) is 5.10 Å². The van der Waals surface area contributed by atoms with Crippen LogP contribution in [0.25, 0.3) is 0 Å². The van der Waals surface area contributed by atoms with Crippen molar-refractivity contribution in [3.63, 3.8) is 0 Å². The highest BCUT2D eigenvalue weighted by atomic mass is 16.2. The molecule has 6 nitrogen and oxygen atoms in total. The molecular weight excluding hydrogens is 316 g/mol. The molecule has 1 aliphatic carbocycles. The molecule has 1 fully saturated rings. The number of carbonyl (C=O) groups is 2. The van der Waals surface area contributed by atoms with Crippen molar-refractivity contribution in [3.05, 3.63) is 48.2 Å². The van der Waals surface area contributed by atoms with Gasteiger partial charge in [-0.25, -0.2) is 0 Å². The second kappa shape index (κ2) is 7.51. The standard InChI is InChI=1S/C19H24N4O2/c1-13(20-19(25)16-9-6-10-16)18(24)21-17-11-12-23(22-17)14(2)15-7-4-3-5-8-15/h3-5,7-8,11-14,16H,6,9-10H2,1-2H3,(H,20,25)(H,21,22,24). The molecule has 0 saturated heterocycles. The molecule has 2 N–H and O–H groups in total. The van der Waals surface area contributed by atoms with Gasteiger partial charge in [0.05, 0.1) is 6.04 Å². The molecule has 0 aliphatic heterocycles. The van der Waals surface area contributed by atoms with E-state index in [1.165, 1.54) is 0 Å². The van der Waals surface area contributed by atoms with Crippen LogP contribution in [0.4, 0.5) is 5.82 Å². The van der Waals surface area contributed by atoms with E-state index in [1.807, 2.05) is 41.2 Å². The summed E-state index contributed by atoms with van der Waals surface area (Å²) in [5, 5.41) is 9.96. The third kappa shape index (κ3) is 4.07. The van der Waals surface area contributed by atoms with E-state index in [-0.39, 0.29) is 23.8 Å². The van der Waals surface area contributed by atoms with Crippen LogP contribution in [0.1, 0.15) is 44.7 Å². The van der Waals surface area contributed by atoms with E-state index in [1.54, 1.807) is 13.0 Å². The van der Waals surface area contributed by atoms with Gasteiger partial charge in [0.25, 0.3) is 0 Å². The van der Waals surface area contributed by atoms with E-state index in [0.29, 0.717) is 5.82 Å². The molecule has 0 bridgehead atoms. The monoisotopic (exact) mass is 340 g/mol. The van der Waals surface area contributed by atoms with Crippen molar-refractivity contribution in [1.82, 2.24) is 15.1 Å². The normalized spacial score (nSPS) is 16.6. The smallest absolute Gasteiger partial charge is 0.247 e. The van der Waals surface area contributed by atoms with Crippen molar-refractivity contribution in [2.24, 2.45) is 5.92 Å². The van der Waals surface area contributed by atoms with Crippen LogP contribution in [0.15, 0.2) is 42.6 Å². The lowest BCUT2D eigenvalue weighted by Crippen LogP contribution is -2.45. The lowest BCUT2D eigenvalue weighted by molar-refractivity contribution is -0.130. The quantitative estimate of drug-likeness (QED) is 0.849. The average molecular weight is 340 g/mol. The second-order valence-corrected chi connectivity index (χ2v) is 6.62. The van der Waals surface area contributed by atoms with Gasteiger partial charge in [0.15, 0.2) is 5.82 Å². The van der Waals surface area contributed by atoms with Gasteiger partial charge in [0.1, 0.15) is 6.04 Å². The summed E-state index contributed by atoms with van der Waals surface area (Å²) in [6, 6.07) is 11.3. The van der Waals surface area contributed by atoms with Gasteiger partial charge in [-0.1, -0.05) is 36.8 Å². The molecule has 2 aromatic rings. The predicted octanol–water partition coefficient (Wildman–Crippen LogP) is 2.74. The summed E-state index contributed by atoms with van der Waals surface area (Å²) < 4.78 is 1.81. The summed E-state index contributed by atoms with van der Waals surface area (Å²) in [7, 11) is 0. The zero-order valence-corrected chi connectivity index (χ0v) is 14.6. The molecule has 1 aromatic heterocycles. The molecule has 0 radical (unpaired) electrons. The Kier molecular flexibility index (Phi) is 5.16. The molecule has 25 heavy (non-hydrogen) atoms. The number of nitrogens with one attached hydrogen (secondary N) is 2. The van der Waals surface area contributed by atoms with E-state index >= 15 is 0 Å². The number of hydrogen-bond acceptors (Lipinski definition) is 3. The minimum atomic E-state index is -0.579. The Bertz CT molecular complexity index is 737. The molecule has 1 aromatic carbocycles. The molecule has 3 rings (SSSR count).